The second-order valence-corrected chi connectivity index (χ2v) is 4.53. The van der Waals surface area contributed by atoms with Crippen molar-refractivity contribution in [2.75, 3.05) is 13.1 Å². The van der Waals surface area contributed by atoms with Gasteiger partial charge in [0.25, 0.3) is 0 Å². The molecule has 88 valence electrons. The van der Waals surface area contributed by atoms with Gasteiger partial charge in [-0.1, -0.05) is 26.0 Å². The van der Waals surface area contributed by atoms with Crippen molar-refractivity contribution < 1.29 is 5.11 Å². The lowest BCUT2D eigenvalue weighted by Gasteiger charge is -2.27. The number of aromatic hydroxyl groups is 1. The van der Waals surface area contributed by atoms with Gasteiger partial charge < -0.3 is 5.11 Å². The Hall–Kier alpha value is -1.02. The number of nitrogens with zero attached hydrogens (tertiary/aromatic N) is 1. The van der Waals surface area contributed by atoms with E-state index in [0.717, 1.165) is 25.9 Å². The van der Waals surface area contributed by atoms with Crippen molar-refractivity contribution in [3.63, 3.8) is 0 Å². The molecule has 1 aromatic carbocycles. The smallest absolute Gasteiger partial charge is 0.119 e. The van der Waals surface area contributed by atoms with Crippen LogP contribution in [0.15, 0.2) is 18.2 Å². The standard InChI is InChI=1S/C14H21NO/c1-3-10-15(4-2)13-9-8-12-11(13)6-5-7-14(12)16/h5-7,13,16H,3-4,8-10H2,1-2H3. The van der Waals surface area contributed by atoms with E-state index in [2.05, 4.69) is 24.8 Å². The summed E-state index contributed by atoms with van der Waals surface area (Å²) >= 11 is 0. The van der Waals surface area contributed by atoms with Crippen LogP contribution < -0.4 is 0 Å². The zero-order valence-electron chi connectivity index (χ0n) is 10.2. The topological polar surface area (TPSA) is 23.5 Å². The third-order valence-electron chi connectivity index (χ3n) is 3.57. The maximum atomic E-state index is 9.81. The molecule has 2 rings (SSSR count). The monoisotopic (exact) mass is 219 g/mol. The van der Waals surface area contributed by atoms with Gasteiger partial charge in [0.1, 0.15) is 5.75 Å². The van der Waals surface area contributed by atoms with E-state index < -0.39 is 0 Å². The Bertz CT molecular complexity index is 362. The van der Waals surface area contributed by atoms with E-state index in [1.165, 1.54) is 17.5 Å². The van der Waals surface area contributed by atoms with Crippen LogP contribution in [0.25, 0.3) is 0 Å². The number of hydrogen-bond acceptors (Lipinski definition) is 2. The maximum absolute atomic E-state index is 9.81. The second-order valence-electron chi connectivity index (χ2n) is 4.53. The molecule has 1 aliphatic rings. The average molecular weight is 219 g/mol. The van der Waals surface area contributed by atoms with Crippen LogP contribution in [0, 0.1) is 0 Å². The number of phenolic OH excluding ortho intramolecular Hbond substituents is 1. The molecule has 0 bridgehead atoms. The molecule has 0 fully saturated rings. The lowest BCUT2D eigenvalue weighted by atomic mass is 10.1. The zero-order valence-corrected chi connectivity index (χ0v) is 10.2. The molecule has 0 amide bonds. The molecule has 0 aromatic heterocycles. The molecule has 16 heavy (non-hydrogen) atoms. The number of phenols is 1. The molecule has 1 atom stereocenters. The molecular weight excluding hydrogens is 198 g/mol. The zero-order chi connectivity index (χ0) is 11.5. The minimum atomic E-state index is 0.479. The first kappa shape index (κ1) is 11.5. The van der Waals surface area contributed by atoms with Gasteiger partial charge in [0.2, 0.25) is 0 Å². The molecular formula is C14H21NO. The molecule has 1 unspecified atom stereocenters. The quantitative estimate of drug-likeness (QED) is 0.841. The van der Waals surface area contributed by atoms with Crippen LogP contribution in [0.3, 0.4) is 0 Å². The fourth-order valence-corrected chi connectivity index (χ4v) is 2.81. The number of hydrogen-bond donors (Lipinski definition) is 1. The summed E-state index contributed by atoms with van der Waals surface area (Å²) in [5, 5.41) is 9.81. The fraction of sp³-hybridized carbons (Fsp3) is 0.571. The molecule has 0 saturated carbocycles. The van der Waals surface area contributed by atoms with Crippen LogP contribution in [-0.2, 0) is 6.42 Å². The van der Waals surface area contributed by atoms with E-state index in [1.54, 1.807) is 6.07 Å². The third-order valence-corrected chi connectivity index (χ3v) is 3.57. The van der Waals surface area contributed by atoms with Gasteiger partial charge in [-0.2, -0.15) is 0 Å². The molecule has 2 nitrogen and oxygen atoms in total. The first-order valence-corrected chi connectivity index (χ1v) is 6.32. The van der Waals surface area contributed by atoms with Crippen LogP contribution >= 0.6 is 0 Å². The van der Waals surface area contributed by atoms with Gasteiger partial charge in [-0.15, -0.1) is 0 Å². The lowest BCUT2D eigenvalue weighted by Crippen LogP contribution is -2.28. The van der Waals surface area contributed by atoms with Crippen LogP contribution in [0.1, 0.15) is 43.9 Å². The Morgan fingerprint density at radius 2 is 2.19 bits per heavy atom. The van der Waals surface area contributed by atoms with Crippen molar-refractivity contribution in [2.45, 2.75) is 39.2 Å². The Morgan fingerprint density at radius 3 is 2.88 bits per heavy atom. The molecule has 2 heteroatoms. The van der Waals surface area contributed by atoms with E-state index in [0.29, 0.717) is 11.8 Å². The van der Waals surface area contributed by atoms with Gasteiger partial charge in [-0.05, 0) is 49.5 Å². The van der Waals surface area contributed by atoms with Gasteiger partial charge >= 0.3 is 0 Å². The normalized spacial score (nSPS) is 19.1. The third kappa shape index (κ3) is 1.94. The minimum absolute atomic E-state index is 0.479. The summed E-state index contributed by atoms with van der Waals surface area (Å²) in [6, 6.07) is 6.46. The van der Waals surface area contributed by atoms with Crippen molar-refractivity contribution in [3.05, 3.63) is 29.3 Å². The predicted molar refractivity (Wildman–Crippen MR) is 66.7 cm³/mol. The summed E-state index contributed by atoms with van der Waals surface area (Å²) in [5.41, 5.74) is 2.51. The fourth-order valence-electron chi connectivity index (χ4n) is 2.81. The Labute approximate surface area is 97.9 Å². The number of benzene rings is 1. The van der Waals surface area contributed by atoms with Crippen LogP contribution in [0.4, 0.5) is 0 Å². The number of fused-ring (bicyclic) bond motifs is 1. The van der Waals surface area contributed by atoms with Crippen molar-refractivity contribution in [1.29, 1.82) is 0 Å². The van der Waals surface area contributed by atoms with Gasteiger partial charge in [-0.25, -0.2) is 0 Å². The first-order chi connectivity index (χ1) is 7.77. The van der Waals surface area contributed by atoms with E-state index in [9.17, 15) is 5.11 Å². The Morgan fingerprint density at radius 1 is 1.38 bits per heavy atom. The summed E-state index contributed by atoms with van der Waals surface area (Å²) in [6.45, 7) is 6.68. The Kier molecular flexibility index (Phi) is 3.49. The SMILES string of the molecule is CCCN(CC)C1CCc2c(O)cccc21. The molecule has 0 aliphatic heterocycles. The largest absolute Gasteiger partial charge is 0.508 e. The molecule has 0 saturated heterocycles. The second kappa shape index (κ2) is 4.88. The summed E-state index contributed by atoms with van der Waals surface area (Å²) in [4.78, 5) is 2.52. The predicted octanol–water partition coefficient (Wildman–Crippen LogP) is 3.11. The maximum Gasteiger partial charge on any atom is 0.119 e. The van der Waals surface area contributed by atoms with Gasteiger partial charge in [0.05, 0.1) is 0 Å². The average Bonchev–Trinajstić information content (AvgIpc) is 2.71. The first-order valence-electron chi connectivity index (χ1n) is 6.32. The van der Waals surface area contributed by atoms with Crippen molar-refractivity contribution in [1.82, 2.24) is 4.90 Å². The van der Waals surface area contributed by atoms with Crippen molar-refractivity contribution >= 4 is 0 Å². The molecule has 1 aliphatic carbocycles. The van der Waals surface area contributed by atoms with Gasteiger partial charge in [0, 0.05) is 6.04 Å². The van der Waals surface area contributed by atoms with Crippen molar-refractivity contribution in [3.8, 4) is 5.75 Å². The molecule has 0 spiro atoms. The van der Waals surface area contributed by atoms with Crippen LogP contribution in [0.2, 0.25) is 0 Å². The summed E-state index contributed by atoms with van der Waals surface area (Å²) in [6.07, 6.45) is 3.37. The van der Waals surface area contributed by atoms with E-state index >= 15 is 0 Å². The van der Waals surface area contributed by atoms with Gasteiger partial charge in [0.15, 0.2) is 0 Å². The highest BCUT2D eigenvalue weighted by Gasteiger charge is 2.28. The highest BCUT2D eigenvalue weighted by molar-refractivity contribution is 5.44. The van der Waals surface area contributed by atoms with Crippen molar-refractivity contribution in [2.24, 2.45) is 0 Å². The highest BCUT2D eigenvalue weighted by atomic mass is 16.3. The van der Waals surface area contributed by atoms with Crippen LogP contribution in [-0.4, -0.2) is 23.1 Å². The summed E-state index contributed by atoms with van der Waals surface area (Å²) < 4.78 is 0. The number of rotatable bonds is 4. The van der Waals surface area contributed by atoms with E-state index in [1.807, 2.05) is 6.07 Å². The molecule has 0 heterocycles. The van der Waals surface area contributed by atoms with E-state index in [4.69, 9.17) is 0 Å². The lowest BCUT2D eigenvalue weighted by molar-refractivity contribution is 0.207. The van der Waals surface area contributed by atoms with Gasteiger partial charge in [-0.3, -0.25) is 4.90 Å². The minimum Gasteiger partial charge on any atom is -0.508 e. The summed E-state index contributed by atoms with van der Waals surface area (Å²) in [5.74, 6) is 0.479. The molecule has 0 radical (unpaired) electrons. The van der Waals surface area contributed by atoms with E-state index in [-0.39, 0.29) is 0 Å². The van der Waals surface area contributed by atoms with Crippen LogP contribution in [0.5, 0.6) is 5.75 Å². The molecule has 1 aromatic rings. The summed E-state index contributed by atoms with van der Waals surface area (Å²) in [7, 11) is 0. The Balaban J connectivity index is 2.25. The highest BCUT2D eigenvalue weighted by Crippen LogP contribution is 2.39. The molecule has 1 N–H and O–H groups in total.